The molecule has 1 unspecified atom stereocenters. The van der Waals surface area contributed by atoms with Gasteiger partial charge in [0.2, 0.25) is 0 Å². The van der Waals surface area contributed by atoms with Crippen LogP contribution in [0.1, 0.15) is 71.1 Å². The lowest BCUT2D eigenvalue weighted by Gasteiger charge is -2.37. The van der Waals surface area contributed by atoms with Gasteiger partial charge in [0.05, 0.1) is 34.5 Å². The number of rotatable bonds is 19. The highest BCUT2D eigenvalue weighted by atomic mass is 32.3. The van der Waals surface area contributed by atoms with Crippen LogP contribution in [0.5, 0.6) is 0 Å². The lowest BCUT2D eigenvalue weighted by molar-refractivity contribution is 0.115. The van der Waals surface area contributed by atoms with E-state index in [1.54, 1.807) is 0 Å². The Morgan fingerprint density at radius 1 is 0.806 bits per heavy atom. The van der Waals surface area contributed by atoms with Gasteiger partial charge in [-0.05, 0) is 6.42 Å². The molecule has 8 nitrogen and oxygen atoms in total. The third-order valence-electron chi connectivity index (χ3n) is 5.12. The highest BCUT2D eigenvalue weighted by Gasteiger charge is 2.30. The fourth-order valence-electron chi connectivity index (χ4n) is 3.37. The van der Waals surface area contributed by atoms with E-state index in [9.17, 15) is 13.5 Å². The van der Waals surface area contributed by atoms with E-state index in [1.807, 2.05) is 4.90 Å². The molecule has 0 rings (SSSR count). The first kappa shape index (κ1) is 33.1. The Kier molecular flexibility index (Phi) is 21.9. The first-order valence-electron chi connectivity index (χ1n) is 11.7. The molecule has 190 valence electrons. The van der Waals surface area contributed by atoms with Gasteiger partial charge in [-0.2, -0.15) is 8.42 Å². The molecule has 0 amide bonds. The van der Waals surface area contributed by atoms with Crippen LogP contribution in [0.25, 0.3) is 0 Å². The van der Waals surface area contributed by atoms with E-state index < -0.39 is 18.5 Å². The number of nitrogens with zero attached hydrogens (tertiary/aromatic N) is 1. The average Bonchev–Trinajstić information content (AvgIpc) is 2.65. The maximum atomic E-state index is 10.2. The summed E-state index contributed by atoms with van der Waals surface area (Å²) >= 11 is 0. The monoisotopic (exact) mass is 487 g/mol. The number of aliphatic hydroxyl groups is 3. The summed E-state index contributed by atoms with van der Waals surface area (Å²) in [5.74, 6) is 0. The molecule has 0 heterocycles. The maximum Gasteiger partial charge on any atom is 0.397 e. The second-order valence-electron chi connectivity index (χ2n) is 8.98. The highest BCUT2D eigenvalue weighted by Crippen LogP contribution is 2.14. The standard InChI is InChI=1S/C12H26O4S.C9H23NO3Si/c1-2-3-4-5-6-7-8-9-10-11-12-16-17(13,14)15;1-14(2,3)9(8-13)10(4-6-11)5-7-12/h2-12H2,1H3,(H,13,14,15);9,11-13H,4-8H2,1-3H3. The van der Waals surface area contributed by atoms with Gasteiger partial charge in [-0.25, -0.2) is 4.18 Å². The second kappa shape index (κ2) is 20.5. The summed E-state index contributed by atoms with van der Waals surface area (Å²) in [6, 6.07) is 0. The van der Waals surface area contributed by atoms with E-state index in [1.165, 1.54) is 44.9 Å². The Morgan fingerprint density at radius 3 is 1.55 bits per heavy atom. The van der Waals surface area contributed by atoms with Crippen molar-refractivity contribution in [2.45, 2.75) is 96.4 Å². The van der Waals surface area contributed by atoms with E-state index in [0.717, 1.165) is 12.8 Å². The van der Waals surface area contributed by atoms with Gasteiger partial charge in [0, 0.05) is 18.8 Å². The predicted molar refractivity (Wildman–Crippen MR) is 129 cm³/mol. The Bertz CT molecular complexity index is 481. The smallest absolute Gasteiger partial charge is 0.395 e. The van der Waals surface area contributed by atoms with Crippen LogP contribution in [-0.4, -0.2) is 86.4 Å². The molecule has 0 aliphatic heterocycles. The van der Waals surface area contributed by atoms with Crippen LogP contribution in [0.15, 0.2) is 0 Å². The van der Waals surface area contributed by atoms with Gasteiger partial charge in [-0.15, -0.1) is 0 Å². The van der Waals surface area contributed by atoms with Crippen LogP contribution in [-0.2, 0) is 14.6 Å². The molecule has 31 heavy (non-hydrogen) atoms. The predicted octanol–water partition coefficient (Wildman–Crippen LogP) is 3.24. The van der Waals surface area contributed by atoms with Crippen molar-refractivity contribution < 1.29 is 32.5 Å². The molecule has 0 aliphatic carbocycles. The molecule has 0 aromatic carbocycles. The van der Waals surface area contributed by atoms with Crippen molar-refractivity contribution in [3.63, 3.8) is 0 Å². The zero-order valence-corrected chi connectivity index (χ0v) is 22.1. The number of unbranched alkanes of at least 4 members (excludes halogenated alkanes) is 9. The first-order valence-corrected chi connectivity index (χ1v) is 16.7. The lowest BCUT2D eigenvalue weighted by atomic mass is 10.1. The van der Waals surface area contributed by atoms with E-state index >= 15 is 0 Å². The fraction of sp³-hybridized carbons (Fsp3) is 1.00. The van der Waals surface area contributed by atoms with E-state index in [4.69, 9.17) is 14.8 Å². The second-order valence-corrected chi connectivity index (χ2v) is 15.5. The zero-order chi connectivity index (χ0) is 24.2. The van der Waals surface area contributed by atoms with Crippen molar-refractivity contribution in [3.8, 4) is 0 Å². The molecule has 0 saturated carbocycles. The van der Waals surface area contributed by atoms with E-state index in [0.29, 0.717) is 19.5 Å². The molecule has 0 radical (unpaired) electrons. The van der Waals surface area contributed by atoms with Crippen molar-refractivity contribution in [1.82, 2.24) is 4.90 Å². The Hall–Kier alpha value is -0.0731. The molecule has 0 bridgehead atoms. The minimum atomic E-state index is -4.23. The topological polar surface area (TPSA) is 128 Å². The normalized spacial score (nSPS) is 13.2. The molecule has 4 N–H and O–H groups in total. The van der Waals surface area contributed by atoms with Crippen LogP contribution in [0, 0.1) is 0 Å². The number of hydrogen-bond donors (Lipinski definition) is 4. The molecular weight excluding hydrogens is 438 g/mol. The largest absolute Gasteiger partial charge is 0.397 e. The summed E-state index contributed by atoms with van der Waals surface area (Å²) in [6.07, 6.45) is 11.9. The summed E-state index contributed by atoms with van der Waals surface area (Å²) in [7, 11) is -5.70. The molecule has 1 atom stereocenters. The van der Waals surface area contributed by atoms with Crippen LogP contribution in [0.2, 0.25) is 19.6 Å². The van der Waals surface area contributed by atoms with Gasteiger partial charge in [0.1, 0.15) is 0 Å². The summed E-state index contributed by atoms with van der Waals surface area (Å²) in [5, 5.41) is 27.1. The SMILES string of the molecule is CCCCCCCCCCCCOS(=O)(=O)O.C[Si](C)(C)C(CO)N(CCO)CCO. The van der Waals surface area contributed by atoms with Gasteiger partial charge < -0.3 is 15.3 Å². The quantitative estimate of drug-likeness (QED) is 0.124. The zero-order valence-electron chi connectivity index (χ0n) is 20.3. The van der Waals surface area contributed by atoms with Gasteiger partial charge in [0.15, 0.2) is 0 Å². The summed E-state index contributed by atoms with van der Waals surface area (Å²) in [6.45, 7) is 10.1. The van der Waals surface area contributed by atoms with Gasteiger partial charge >= 0.3 is 10.4 Å². The van der Waals surface area contributed by atoms with Crippen LogP contribution < -0.4 is 0 Å². The minimum Gasteiger partial charge on any atom is -0.395 e. The maximum absolute atomic E-state index is 10.2. The number of hydrogen-bond acceptors (Lipinski definition) is 7. The van der Waals surface area contributed by atoms with E-state index in [2.05, 4.69) is 30.7 Å². The third-order valence-corrected chi connectivity index (χ3v) is 8.13. The Morgan fingerprint density at radius 2 is 1.23 bits per heavy atom. The summed E-state index contributed by atoms with van der Waals surface area (Å²) in [5.41, 5.74) is 0.113. The molecule has 10 heteroatoms. The fourth-order valence-corrected chi connectivity index (χ4v) is 5.60. The molecule has 0 spiro atoms. The molecule has 0 saturated heterocycles. The van der Waals surface area contributed by atoms with Crippen molar-refractivity contribution in [2.24, 2.45) is 0 Å². The van der Waals surface area contributed by atoms with Crippen molar-refractivity contribution >= 4 is 18.5 Å². The van der Waals surface area contributed by atoms with Crippen LogP contribution in [0.3, 0.4) is 0 Å². The van der Waals surface area contributed by atoms with Gasteiger partial charge in [-0.3, -0.25) is 9.45 Å². The van der Waals surface area contributed by atoms with Gasteiger partial charge in [-0.1, -0.05) is 84.4 Å². The Balaban J connectivity index is 0. The summed E-state index contributed by atoms with van der Waals surface area (Å²) in [4.78, 5) is 1.98. The molecule has 0 fully saturated rings. The molecule has 0 aromatic heterocycles. The Labute approximate surface area is 192 Å². The van der Waals surface area contributed by atoms with Crippen molar-refractivity contribution in [1.29, 1.82) is 0 Å². The number of aliphatic hydroxyl groups excluding tert-OH is 3. The molecular formula is C21H49NO7SSi. The lowest BCUT2D eigenvalue weighted by Crippen LogP contribution is -2.54. The summed E-state index contributed by atoms with van der Waals surface area (Å²) < 4.78 is 33.0. The van der Waals surface area contributed by atoms with Crippen LogP contribution >= 0.6 is 0 Å². The molecule has 0 aromatic rings. The first-order chi connectivity index (χ1) is 14.5. The average molecular weight is 488 g/mol. The van der Waals surface area contributed by atoms with E-state index in [-0.39, 0.29) is 32.1 Å². The molecule has 0 aliphatic rings. The van der Waals surface area contributed by atoms with Crippen molar-refractivity contribution in [3.05, 3.63) is 0 Å². The third kappa shape index (κ3) is 22.9. The highest BCUT2D eigenvalue weighted by molar-refractivity contribution is 7.80. The van der Waals surface area contributed by atoms with Crippen molar-refractivity contribution in [2.75, 3.05) is 39.5 Å². The van der Waals surface area contributed by atoms with Gasteiger partial charge in [0.25, 0.3) is 0 Å². The van der Waals surface area contributed by atoms with Crippen LogP contribution in [0.4, 0.5) is 0 Å². The minimum absolute atomic E-state index is 0.0704.